The molecule has 0 unspecified atom stereocenters. The van der Waals surface area contributed by atoms with E-state index in [9.17, 15) is 0 Å². The van der Waals surface area contributed by atoms with E-state index in [0.717, 1.165) is 5.75 Å². The Hall–Kier alpha value is -3.26. The maximum Gasteiger partial charge on any atom is 0.118 e. The molecule has 1 N–H and O–H groups in total. The molecule has 126 valence electrons. The average molecular weight is 337 g/mol. The summed E-state index contributed by atoms with van der Waals surface area (Å²) >= 11 is 0. The Morgan fingerprint density at radius 3 is 2.12 bits per heavy atom. The molecule has 5 rings (SSSR count). The minimum absolute atomic E-state index is 0.879. The zero-order valence-corrected chi connectivity index (χ0v) is 14.8. The summed E-state index contributed by atoms with van der Waals surface area (Å²) in [5.74, 6) is 0.879. The molecule has 0 aliphatic carbocycles. The summed E-state index contributed by atoms with van der Waals surface area (Å²) in [6.45, 7) is 2.23. The van der Waals surface area contributed by atoms with Crippen LogP contribution in [0.15, 0.2) is 72.8 Å². The van der Waals surface area contributed by atoms with Crippen molar-refractivity contribution in [2.24, 2.45) is 0 Å². The minimum Gasteiger partial charge on any atom is -0.497 e. The molecule has 0 fully saturated rings. The Morgan fingerprint density at radius 1 is 0.731 bits per heavy atom. The standard InChI is InChI=1S/C24H19NO/c1-15-22(16-11-13-17(26-2)14-12-16)18-7-3-4-8-19(18)24-23(15)20-9-5-6-10-21(20)25-24/h3-14,25H,1-2H3. The van der Waals surface area contributed by atoms with Crippen LogP contribution < -0.4 is 4.74 Å². The van der Waals surface area contributed by atoms with E-state index in [0.29, 0.717) is 0 Å². The normalized spacial score (nSPS) is 11.5. The lowest BCUT2D eigenvalue weighted by molar-refractivity contribution is 0.415. The predicted molar refractivity (Wildman–Crippen MR) is 110 cm³/mol. The first kappa shape index (κ1) is 15.0. The molecule has 1 aromatic heterocycles. The van der Waals surface area contributed by atoms with Gasteiger partial charge in [0.25, 0.3) is 0 Å². The van der Waals surface area contributed by atoms with E-state index in [1.165, 1.54) is 49.3 Å². The zero-order chi connectivity index (χ0) is 17.7. The highest BCUT2D eigenvalue weighted by molar-refractivity contribution is 6.22. The molecule has 0 saturated carbocycles. The number of nitrogens with one attached hydrogen (secondary N) is 1. The first-order valence-electron chi connectivity index (χ1n) is 8.84. The van der Waals surface area contributed by atoms with Crippen LogP contribution in [-0.4, -0.2) is 12.1 Å². The Balaban J connectivity index is 1.97. The molecule has 0 radical (unpaired) electrons. The SMILES string of the molecule is COc1ccc(-c2c(C)c3c4ccccc4[nH]c3c3ccccc23)cc1. The van der Waals surface area contributed by atoms with Crippen LogP contribution in [0.5, 0.6) is 5.75 Å². The zero-order valence-electron chi connectivity index (χ0n) is 14.8. The van der Waals surface area contributed by atoms with Gasteiger partial charge in [-0.3, -0.25) is 0 Å². The van der Waals surface area contributed by atoms with E-state index in [1.807, 2.05) is 12.1 Å². The molecule has 0 bridgehead atoms. The molecule has 0 saturated heterocycles. The van der Waals surface area contributed by atoms with Gasteiger partial charge in [-0.15, -0.1) is 0 Å². The van der Waals surface area contributed by atoms with Crippen molar-refractivity contribution in [1.82, 2.24) is 4.98 Å². The molecule has 26 heavy (non-hydrogen) atoms. The van der Waals surface area contributed by atoms with Gasteiger partial charge < -0.3 is 9.72 Å². The van der Waals surface area contributed by atoms with Gasteiger partial charge in [-0.05, 0) is 47.2 Å². The summed E-state index contributed by atoms with van der Waals surface area (Å²) in [4.78, 5) is 3.64. The molecule has 0 atom stereocenters. The van der Waals surface area contributed by atoms with E-state index >= 15 is 0 Å². The number of fused-ring (bicyclic) bond motifs is 5. The third kappa shape index (κ3) is 2.05. The molecular formula is C24H19NO. The minimum atomic E-state index is 0.879. The summed E-state index contributed by atoms with van der Waals surface area (Å²) in [7, 11) is 1.70. The summed E-state index contributed by atoms with van der Waals surface area (Å²) in [6, 6.07) is 25.5. The number of aryl methyl sites for hydroxylation is 1. The number of hydrogen-bond acceptors (Lipinski definition) is 1. The number of ether oxygens (including phenoxy) is 1. The quantitative estimate of drug-likeness (QED) is 0.393. The fraction of sp³-hybridized carbons (Fsp3) is 0.0833. The summed E-state index contributed by atoms with van der Waals surface area (Å²) in [5.41, 5.74) is 6.22. The van der Waals surface area contributed by atoms with E-state index in [4.69, 9.17) is 4.74 Å². The lowest BCUT2D eigenvalue weighted by Gasteiger charge is -2.14. The monoisotopic (exact) mass is 337 g/mol. The van der Waals surface area contributed by atoms with Crippen molar-refractivity contribution in [2.45, 2.75) is 6.92 Å². The molecule has 0 spiro atoms. The van der Waals surface area contributed by atoms with Gasteiger partial charge in [0.2, 0.25) is 0 Å². The highest BCUT2D eigenvalue weighted by atomic mass is 16.5. The summed E-state index contributed by atoms with van der Waals surface area (Å²) in [5, 5.41) is 5.12. The number of hydrogen-bond donors (Lipinski definition) is 1. The fourth-order valence-electron chi connectivity index (χ4n) is 4.11. The summed E-state index contributed by atoms with van der Waals surface area (Å²) < 4.78 is 5.33. The molecule has 2 nitrogen and oxygen atoms in total. The second-order valence-corrected chi connectivity index (χ2v) is 6.69. The van der Waals surface area contributed by atoms with Crippen molar-refractivity contribution >= 4 is 32.6 Å². The first-order valence-corrected chi connectivity index (χ1v) is 8.84. The molecule has 4 aromatic carbocycles. The molecule has 5 aromatic rings. The van der Waals surface area contributed by atoms with Crippen molar-refractivity contribution in [3.05, 3.63) is 78.4 Å². The molecule has 0 amide bonds. The Kier molecular flexibility index (Phi) is 3.26. The van der Waals surface area contributed by atoms with Crippen molar-refractivity contribution in [3.63, 3.8) is 0 Å². The molecule has 2 heteroatoms. The van der Waals surface area contributed by atoms with Crippen LogP contribution in [0.2, 0.25) is 0 Å². The van der Waals surface area contributed by atoms with Crippen LogP contribution in [0.3, 0.4) is 0 Å². The van der Waals surface area contributed by atoms with Crippen LogP contribution >= 0.6 is 0 Å². The van der Waals surface area contributed by atoms with Crippen LogP contribution in [0.1, 0.15) is 5.56 Å². The summed E-state index contributed by atoms with van der Waals surface area (Å²) in [6.07, 6.45) is 0. The second-order valence-electron chi connectivity index (χ2n) is 6.69. The maximum atomic E-state index is 5.33. The van der Waals surface area contributed by atoms with Gasteiger partial charge in [-0.25, -0.2) is 0 Å². The molecular weight excluding hydrogens is 318 g/mol. The van der Waals surface area contributed by atoms with Crippen molar-refractivity contribution in [2.75, 3.05) is 7.11 Å². The Morgan fingerprint density at radius 2 is 1.38 bits per heavy atom. The van der Waals surface area contributed by atoms with E-state index in [2.05, 4.69) is 72.6 Å². The number of para-hydroxylation sites is 1. The largest absolute Gasteiger partial charge is 0.497 e. The lowest BCUT2D eigenvalue weighted by Crippen LogP contribution is -1.90. The number of rotatable bonds is 2. The van der Waals surface area contributed by atoms with E-state index in [-0.39, 0.29) is 0 Å². The topological polar surface area (TPSA) is 25.0 Å². The van der Waals surface area contributed by atoms with E-state index < -0.39 is 0 Å². The average Bonchev–Trinajstić information content (AvgIpc) is 3.09. The van der Waals surface area contributed by atoms with Gasteiger partial charge in [0.15, 0.2) is 0 Å². The third-order valence-electron chi connectivity index (χ3n) is 5.30. The molecule has 0 aliphatic rings. The van der Waals surface area contributed by atoms with E-state index in [1.54, 1.807) is 7.11 Å². The fourth-order valence-corrected chi connectivity index (χ4v) is 4.11. The van der Waals surface area contributed by atoms with Gasteiger partial charge in [-0.1, -0.05) is 54.6 Å². The van der Waals surface area contributed by atoms with Crippen molar-refractivity contribution in [1.29, 1.82) is 0 Å². The van der Waals surface area contributed by atoms with Crippen LogP contribution in [0.25, 0.3) is 43.7 Å². The van der Waals surface area contributed by atoms with Gasteiger partial charge in [-0.2, -0.15) is 0 Å². The number of aromatic amines is 1. The highest BCUT2D eigenvalue weighted by Gasteiger charge is 2.16. The van der Waals surface area contributed by atoms with Gasteiger partial charge in [0.1, 0.15) is 5.75 Å². The van der Waals surface area contributed by atoms with Crippen molar-refractivity contribution in [3.8, 4) is 16.9 Å². The Bertz CT molecular complexity index is 1260. The maximum absolute atomic E-state index is 5.33. The van der Waals surface area contributed by atoms with Crippen LogP contribution in [0.4, 0.5) is 0 Å². The predicted octanol–water partition coefficient (Wildman–Crippen LogP) is 6.46. The smallest absolute Gasteiger partial charge is 0.118 e. The number of methoxy groups -OCH3 is 1. The second kappa shape index (κ2) is 5.63. The number of benzene rings is 4. The third-order valence-corrected chi connectivity index (χ3v) is 5.30. The van der Waals surface area contributed by atoms with Crippen molar-refractivity contribution < 1.29 is 4.74 Å². The lowest BCUT2D eigenvalue weighted by atomic mass is 9.90. The first-order chi connectivity index (χ1) is 12.8. The Labute approximate surface area is 152 Å². The van der Waals surface area contributed by atoms with Crippen LogP contribution in [-0.2, 0) is 0 Å². The number of aromatic nitrogens is 1. The number of H-pyrrole nitrogens is 1. The van der Waals surface area contributed by atoms with Gasteiger partial charge in [0.05, 0.1) is 12.6 Å². The molecule has 1 heterocycles. The van der Waals surface area contributed by atoms with Gasteiger partial charge >= 0.3 is 0 Å². The van der Waals surface area contributed by atoms with Crippen LogP contribution in [0, 0.1) is 6.92 Å². The highest BCUT2D eigenvalue weighted by Crippen LogP contribution is 2.41. The van der Waals surface area contributed by atoms with Gasteiger partial charge in [0, 0.05) is 21.7 Å². The molecule has 0 aliphatic heterocycles.